The maximum Gasteiger partial charge on any atom is 0.416 e. The number of hydrogen-bond donors (Lipinski definition) is 2. The lowest BCUT2D eigenvalue weighted by Gasteiger charge is -2.14. The van der Waals surface area contributed by atoms with Crippen molar-refractivity contribution in [2.75, 3.05) is 0 Å². The fourth-order valence-electron chi connectivity index (χ4n) is 1.72. The highest BCUT2D eigenvalue weighted by molar-refractivity contribution is 5.96. The molecule has 0 aliphatic rings. The lowest BCUT2D eigenvalue weighted by atomic mass is 10.1. The second-order valence-electron chi connectivity index (χ2n) is 4.54. The van der Waals surface area contributed by atoms with Crippen LogP contribution in [0.4, 0.5) is 13.2 Å². The fourth-order valence-corrected chi connectivity index (χ4v) is 1.72. The summed E-state index contributed by atoms with van der Waals surface area (Å²) >= 11 is 0. The van der Waals surface area contributed by atoms with Crippen LogP contribution in [0.2, 0.25) is 0 Å². The molecule has 22 heavy (non-hydrogen) atoms. The van der Waals surface area contributed by atoms with Gasteiger partial charge in [0.15, 0.2) is 0 Å². The predicted octanol–water partition coefficient (Wildman–Crippen LogP) is 2.69. The van der Waals surface area contributed by atoms with Crippen LogP contribution in [0.3, 0.4) is 0 Å². The minimum absolute atomic E-state index is 0.0452. The molecule has 1 aromatic rings. The first kappa shape index (κ1) is 17.6. The number of unbranched alkanes of at least 4 members (excludes halogenated alkanes) is 1. The van der Waals surface area contributed by atoms with Crippen molar-refractivity contribution >= 4 is 11.9 Å². The topological polar surface area (TPSA) is 66.4 Å². The van der Waals surface area contributed by atoms with Crippen LogP contribution in [0.25, 0.3) is 0 Å². The van der Waals surface area contributed by atoms with E-state index in [2.05, 4.69) is 11.2 Å². The number of alkyl halides is 3. The van der Waals surface area contributed by atoms with Crippen LogP contribution in [-0.4, -0.2) is 23.0 Å². The van der Waals surface area contributed by atoms with Crippen molar-refractivity contribution in [3.05, 3.63) is 35.4 Å². The van der Waals surface area contributed by atoms with Crippen molar-refractivity contribution in [2.45, 2.75) is 31.5 Å². The van der Waals surface area contributed by atoms with Gasteiger partial charge in [0.05, 0.1) is 5.56 Å². The van der Waals surface area contributed by atoms with Gasteiger partial charge >= 0.3 is 12.1 Å². The van der Waals surface area contributed by atoms with Crippen LogP contribution in [0, 0.1) is 12.3 Å². The lowest BCUT2D eigenvalue weighted by molar-refractivity contribution is -0.139. The molecule has 0 saturated heterocycles. The molecule has 0 aliphatic carbocycles. The molecule has 0 heterocycles. The summed E-state index contributed by atoms with van der Waals surface area (Å²) in [4.78, 5) is 22.9. The van der Waals surface area contributed by atoms with Gasteiger partial charge in [0, 0.05) is 12.0 Å². The summed E-state index contributed by atoms with van der Waals surface area (Å²) in [7, 11) is 0. The molecule has 0 spiro atoms. The third-order valence-electron chi connectivity index (χ3n) is 2.89. The molecule has 0 bridgehead atoms. The fraction of sp³-hybridized carbons (Fsp3) is 0.333. The zero-order chi connectivity index (χ0) is 16.8. The summed E-state index contributed by atoms with van der Waals surface area (Å²) in [6.45, 7) is 0. The van der Waals surface area contributed by atoms with Crippen LogP contribution < -0.4 is 5.32 Å². The van der Waals surface area contributed by atoms with Gasteiger partial charge in [-0.05, 0) is 37.1 Å². The Morgan fingerprint density at radius 1 is 1.27 bits per heavy atom. The molecule has 0 fully saturated rings. The Hall–Kier alpha value is -2.49. The number of aliphatic carboxylic acids is 1. The lowest BCUT2D eigenvalue weighted by Crippen LogP contribution is -2.40. The van der Waals surface area contributed by atoms with Crippen LogP contribution in [0.15, 0.2) is 24.3 Å². The molecule has 1 aromatic carbocycles. The smallest absolute Gasteiger partial charge is 0.416 e. The summed E-state index contributed by atoms with van der Waals surface area (Å²) in [6, 6.07) is 2.39. The van der Waals surface area contributed by atoms with E-state index in [-0.39, 0.29) is 12.0 Å². The van der Waals surface area contributed by atoms with E-state index in [1.807, 2.05) is 0 Å². The normalized spacial score (nSPS) is 12.3. The maximum absolute atomic E-state index is 12.4. The number of halogens is 3. The van der Waals surface area contributed by atoms with Crippen LogP contribution in [-0.2, 0) is 11.0 Å². The van der Waals surface area contributed by atoms with Crippen molar-refractivity contribution in [3.8, 4) is 12.3 Å². The van der Waals surface area contributed by atoms with Crippen LogP contribution in [0.5, 0.6) is 0 Å². The van der Waals surface area contributed by atoms with Gasteiger partial charge in [-0.3, -0.25) is 4.79 Å². The number of amides is 1. The van der Waals surface area contributed by atoms with E-state index in [0.29, 0.717) is 12.8 Å². The van der Waals surface area contributed by atoms with Gasteiger partial charge in [-0.15, -0.1) is 12.3 Å². The summed E-state index contributed by atoms with van der Waals surface area (Å²) in [5, 5.41) is 11.3. The minimum atomic E-state index is -4.49. The van der Waals surface area contributed by atoms with E-state index in [1.165, 1.54) is 0 Å². The summed E-state index contributed by atoms with van der Waals surface area (Å²) in [6.07, 6.45) is 1.50. The molecule has 0 aliphatic heterocycles. The Morgan fingerprint density at radius 3 is 2.32 bits per heavy atom. The Balaban J connectivity index is 2.74. The number of benzene rings is 1. The van der Waals surface area contributed by atoms with Gasteiger partial charge in [-0.25, -0.2) is 4.79 Å². The van der Waals surface area contributed by atoms with Gasteiger partial charge < -0.3 is 10.4 Å². The zero-order valence-corrected chi connectivity index (χ0v) is 11.5. The van der Waals surface area contributed by atoms with Gasteiger partial charge in [0.1, 0.15) is 6.04 Å². The Kier molecular flexibility index (Phi) is 5.99. The molecule has 1 amide bonds. The number of rotatable bonds is 6. The van der Waals surface area contributed by atoms with Crippen molar-refractivity contribution in [2.24, 2.45) is 0 Å². The van der Waals surface area contributed by atoms with E-state index < -0.39 is 29.7 Å². The molecule has 1 rings (SSSR count). The third-order valence-corrected chi connectivity index (χ3v) is 2.89. The molecule has 0 unspecified atom stereocenters. The van der Waals surface area contributed by atoms with E-state index in [0.717, 1.165) is 24.3 Å². The third kappa shape index (κ3) is 5.13. The second kappa shape index (κ2) is 7.50. The van der Waals surface area contributed by atoms with E-state index in [9.17, 15) is 22.8 Å². The van der Waals surface area contributed by atoms with Gasteiger partial charge in [0.2, 0.25) is 0 Å². The van der Waals surface area contributed by atoms with Gasteiger partial charge in [-0.2, -0.15) is 13.2 Å². The average molecular weight is 313 g/mol. The molecule has 7 heteroatoms. The number of nitrogens with one attached hydrogen (secondary N) is 1. The summed E-state index contributed by atoms with van der Waals surface area (Å²) in [5.41, 5.74) is -0.927. The van der Waals surface area contributed by atoms with E-state index >= 15 is 0 Å². The number of carbonyl (C=O) groups excluding carboxylic acids is 1. The largest absolute Gasteiger partial charge is 0.480 e. The molecule has 118 valence electrons. The molecule has 2 N–H and O–H groups in total. The van der Waals surface area contributed by atoms with E-state index in [4.69, 9.17) is 11.5 Å². The predicted molar refractivity (Wildman–Crippen MR) is 73.0 cm³/mol. The molecule has 0 saturated carbocycles. The minimum Gasteiger partial charge on any atom is -0.480 e. The quantitative estimate of drug-likeness (QED) is 0.627. The molecule has 4 nitrogen and oxygen atoms in total. The first-order chi connectivity index (χ1) is 10.3. The highest BCUT2D eigenvalue weighted by atomic mass is 19.4. The zero-order valence-electron chi connectivity index (χ0n) is 11.5. The van der Waals surface area contributed by atoms with Crippen molar-refractivity contribution in [1.29, 1.82) is 0 Å². The van der Waals surface area contributed by atoms with Crippen molar-refractivity contribution in [1.82, 2.24) is 5.32 Å². The van der Waals surface area contributed by atoms with E-state index in [1.54, 1.807) is 0 Å². The number of carboxylic acids is 1. The molecule has 0 radical (unpaired) electrons. The Labute approximate surface area is 125 Å². The van der Waals surface area contributed by atoms with Gasteiger partial charge in [-0.1, -0.05) is 0 Å². The number of carboxylic acid groups (broad SMARTS) is 1. The molecule has 1 atom stereocenters. The number of terminal acetylenes is 1. The highest BCUT2D eigenvalue weighted by Gasteiger charge is 2.30. The summed E-state index contributed by atoms with van der Waals surface area (Å²) in [5.74, 6) is 0.382. The van der Waals surface area contributed by atoms with Gasteiger partial charge in [0.25, 0.3) is 5.91 Å². The number of carbonyl (C=O) groups is 2. The van der Waals surface area contributed by atoms with Crippen LogP contribution in [0.1, 0.15) is 35.2 Å². The first-order valence-electron chi connectivity index (χ1n) is 6.40. The average Bonchev–Trinajstić information content (AvgIpc) is 2.45. The summed E-state index contributed by atoms with van der Waals surface area (Å²) < 4.78 is 37.2. The number of hydrogen-bond acceptors (Lipinski definition) is 2. The molecule has 0 aromatic heterocycles. The molecular formula is C15H14F3NO3. The Morgan fingerprint density at radius 2 is 1.86 bits per heavy atom. The second-order valence-corrected chi connectivity index (χ2v) is 4.54. The SMILES string of the molecule is C#CCCC[C@@H](NC(=O)c1ccc(C(F)(F)F)cc1)C(=O)O. The van der Waals surface area contributed by atoms with Crippen molar-refractivity contribution in [3.63, 3.8) is 0 Å². The monoisotopic (exact) mass is 313 g/mol. The highest BCUT2D eigenvalue weighted by Crippen LogP contribution is 2.29. The van der Waals surface area contributed by atoms with Crippen molar-refractivity contribution < 1.29 is 27.9 Å². The first-order valence-corrected chi connectivity index (χ1v) is 6.40. The maximum atomic E-state index is 12.4. The standard InChI is InChI=1S/C15H14F3NO3/c1-2-3-4-5-12(14(21)22)19-13(20)10-6-8-11(9-7-10)15(16,17)18/h1,6-9,12H,3-5H2,(H,19,20)(H,21,22)/t12-/m1/s1. The van der Waals surface area contributed by atoms with Crippen LogP contribution >= 0.6 is 0 Å². The molecular weight excluding hydrogens is 299 g/mol. The Bertz CT molecular complexity index is 573.